The molecule has 0 saturated carbocycles. The molecule has 0 aliphatic heterocycles. The van der Waals surface area contributed by atoms with Crippen molar-refractivity contribution in [3.05, 3.63) is 59.0 Å². The molecule has 24 heavy (non-hydrogen) atoms. The molecule has 0 bridgehead atoms. The average molecular weight is 356 g/mol. The standard InChI is InChI=1S/C19H18ClN3S/c1-12-6-7-14(8-13(12)2)17-11-24-19(23-17)15-4-3-5-16(9-15)22-18(21)10-20/h3-9,11H,10H2,1-2H3,(H2,21,22). The van der Waals surface area contributed by atoms with Crippen LogP contribution in [0.4, 0.5) is 5.69 Å². The van der Waals surface area contributed by atoms with Gasteiger partial charge in [0, 0.05) is 16.5 Å². The fourth-order valence-electron chi connectivity index (χ4n) is 2.34. The van der Waals surface area contributed by atoms with Crippen molar-refractivity contribution in [3.8, 4) is 21.8 Å². The van der Waals surface area contributed by atoms with Gasteiger partial charge in [0.15, 0.2) is 0 Å². The van der Waals surface area contributed by atoms with E-state index >= 15 is 0 Å². The van der Waals surface area contributed by atoms with Crippen LogP contribution in [-0.2, 0) is 0 Å². The Hall–Kier alpha value is -2.17. The monoisotopic (exact) mass is 355 g/mol. The molecule has 0 aliphatic rings. The fraction of sp³-hybridized carbons (Fsp3) is 0.158. The molecular formula is C19H18ClN3S. The Bertz CT molecular complexity index is 899. The Morgan fingerprint density at radius 2 is 1.96 bits per heavy atom. The molecule has 0 fully saturated rings. The van der Waals surface area contributed by atoms with Crippen LogP contribution in [0.15, 0.2) is 52.8 Å². The van der Waals surface area contributed by atoms with E-state index in [-0.39, 0.29) is 5.88 Å². The van der Waals surface area contributed by atoms with Gasteiger partial charge in [-0.25, -0.2) is 9.98 Å². The zero-order chi connectivity index (χ0) is 17.1. The zero-order valence-electron chi connectivity index (χ0n) is 13.6. The number of benzene rings is 2. The van der Waals surface area contributed by atoms with Crippen LogP contribution in [0.2, 0.25) is 0 Å². The maximum Gasteiger partial charge on any atom is 0.124 e. The Balaban J connectivity index is 1.93. The van der Waals surface area contributed by atoms with Gasteiger partial charge in [-0.15, -0.1) is 22.9 Å². The lowest BCUT2D eigenvalue weighted by Crippen LogP contribution is -2.12. The van der Waals surface area contributed by atoms with Gasteiger partial charge in [0.2, 0.25) is 0 Å². The third-order valence-electron chi connectivity index (χ3n) is 3.81. The molecular weight excluding hydrogens is 338 g/mol. The summed E-state index contributed by atoms with van der Waals surface area (Å²) < 4.78 is 0. The first-order valence-corrected chi connectivity index (χ1v) is 9.01. The zero-order valence-corrected chi connectivity index (χ0v) is 15.2. The van der Waals surface area contributed by atoms with E-state index in [9.17, 15) is 0 Å². The van der Waals surface area contributed by atoms with Gasteiger partial charge in [0.25, 0.3) is 0 Å². The van der Waals surface area contributed by atoms with Crippen molar-refractivity contribution in [2.75, 3.05) is 5.88 Å². The summed E-state index contributed by atoms with van der Waals surface area (Å²) in [7, 11) is 0. The Morgan fingerprint density at radius 1 is 1.12 bits per heavy atom. The van der Waals surface area contributed by atoms with Gasteiger partial charge >= 0.3 is 0 Å². The topological polar surface area (TPSA) is 51.3 Å². The molecule has 5 heteroatoms. The van der Waals surface area contributed by atoms with Crippen molar-refractivity contribution in [3.63, 3.8) is 0 Å². The molecule has 0 aliphatic carbocycles. The van der Waals surface area contributed by atoms with Crippen LogP contribution in [0.5, 0.6) is 0 Å². The summed E-state index contributed by atoms with van der Waals surface area (Å²) in [6.45, 7) is 4.24. The normalized spacial score (nSPS) is 11.7. The third kappa shape index (κ3) is 3.66. The third-order valence-corrected chi connectivity index (χ3v) is 4.97. The van der Waals surface area contributed by atoms with Crippen LogP contribution < -0.4 is 5.73 Å². The number of rotatable bonds is 4. The molecule has 122 valence electrons. The molecule has 1 heterocycles. The van der Waals surface area contributed by atoms with Gasteiger partial charge in [-0.1, -0.05) is 24.3 Å². The van der Waals surface area contributed by atoms with Gasteiger partial charge in [-0.3, -0.25) is 0 Å². The minimum atomic E-state index is 0.221. The van der Waals surface area contributed by atoms with Crippen molar-refractivity contribution >= 4 is 34.5 Å². The molecule has 0 saturated heterocycles. The van der Waals surface area contributed by atoms with Crippen molar-refractivity contribution in [2.45, 2.75) is 13.8 Å². The van der Waals surface area contributed by atoms with Crippen LogP contribution in [0.1, 0.15) is 11.1 Å². The first kappa shape index (κ1) is 16.7. The van der Waals surface area contributed by atoms with Gasteiger partial charge in [-0.05, 0) is 43.2 Å². The number of hydrogen-bond donors (Lipinski definition) is 1. The maximum atomic E-state index is 5.71. The lowest BCUT2D eigenvalue weighted by atomic mass is 10.1. The van der Waals surface area contributed by atoms with Crippen LogP contribution in [-0.4, -0.2) is 16.7 Å². The van der Waals surface area contributed by atoms with Gasteiger partial charge in [0.05, 0.1) is 17.3 Å². The maximum absolute atomic E-state index is 5.71. The first-order chi connectivity index (χ1) is 11.6. The number of thiazole rings is 1. The summed E-state index contributed by atoms with van der Waals surface area (Å²) >= 11 is 7.31. The molecule has 0 spiro atoms. The SMILES string of the molecule is Cc1ccc(-c2csc(-c3cccc(N=C(N)CCl)c3)n2)cc1C. The van der Waals surface area contributed by atoms with E-state index in [1.54, 1.807) is 11.3 Å². The van der Waals surface area contributed by atoms with E-state index in [0.29, 0.717) is 5.84 Å². The number of nitrogens with two attached hydrogens (primary N) is 1. The molecule has 3 rings (SSSR count). The number of aliphatic imine (C=N–C) groups is 1. The fourth-order valence-corrected chi connectivity index (χ4v) is 3.23. The Kier molecular flexibility index (Phi) is 4.97. The van der Waals surface area contributed by atoms with Gasteiger partial charge in [-0.2, -0.15) is 0 Å². The highest BCUT2D eigenvalue weighted by Gasteiger charge is 2.08. The summed E-state index contributed by atoms with van der Waals surface area (Å²) in [6, 6.07) is 14.3. The number of halogens is 1. The smallest absolute Gasteiger partial charge is 0.124 e. The van der Waals surface area contributed by atoms with Crippen molar-refractivity contribution in [1.29, 1.82) is 0 Å². The molecule has 2 N–H and O–H groups in total. The number of aromatic nitrogens is 1. The van der Waals surface area contributed by atoms with Crippen LogP contribution >= 0.6 is 22.9 Å². The van der Waals surface area contributed by atoms with E-state index < -0.39 is 0 Å². The van der Waals surface area contributed by atoms with E-state index in [2.05, 4.69) is 42.4 Å². The summed E-state index contributed by atoms with van der Waals surface area (Å²) in [5.74, 6) is 0.627. The predicted molar refractivity (Wildman–Crippen MR) is 104 cm³/mol. The predicted octanol–water partition coefficient (Wildman–Crippen LogP) is 5.32. The van der Waals surface area contributed by atoms with Crippen LogP contribution in [0.3, 0.4) is 0 Å². The van der Waals surface area contributed by atoms with E-state index in [1.807, 2.05) is 24.3 Å². The number of aryl methyl sites for hydroxylation is 2. The van der Waals surface area contributed by atoms with Crippen molar-refractivity contribution in [2.24, 2.45) is 10.7 Å². The largest absolute Gasteiger partial charge is 0.386 e. The molecule has 0 radical (unpaired) electrons. The number of nitrogens with zero attached hydrogens (tertiary/aromatic N) is 2. The van der Waals surface area contributed by atoms with Gasteiger partial charge in [0.1, 0.15) is 10.8 Å². The number of amidine groups is 1. The van der Waals surface area contributed by atoms with Crippen molar-refractivity contribution in [1.82, 2.24) is 4.98 Å². The minimum Gasteiger partial charge on any atom is -0.386 e. The lowest BCUT2D eigenvalue weighted by Gasteiger charge is -2.03. The highest BCUT2D eigenvalue weighted by atomic mass is 35.5. The first-order valence-electron chi connectivity index (χ1n) is 7.59. The Labute approximate surface area is 150 Å². The minimum absolute atomic E-state index is 0.221. The van der Waals surface area contributed by atoms with E-state index in [0.717, 1.165) is 27.5 Å². The second-order valence-electron chi connectivity index (χ2n) is 5.62. The van der Waals surface area contributed by atoms with E-state index in [1.165, 1.54) is 11.1 Å². The molecule has 1 aromatic heterocycles. The molecule has 0 unspecified atom stereocenters. The number of hydrogen-bond acceptors (Lipinski definition) is 3. The highest BCUT2D eigenvalue weighted by molar-refractivity contribution is 7.13. The quantitative estimate of drug-likeness (QED) is 0.391. The Morgan fingerprint density at radius 3 is 2.71 bits per heavy atom. The number of alkyl halides is 1. The van der Waals surface area contributed by atoms with Gasteiger partial charge < -0.3 is 5.73 Å². The molecule has 0 amide bonds. The van der Waals surface area contributed by atoms with Crippen LogP contribution in [0.25, 0.3) is 21.8 Å². The molecule has 0 atom stereocenters. The second-order valence-corrected chi connectivity index (χ2v) is 6.75. The summed E-state index contributed by atoms with van der Waals surface area (Å²) in [5.41, 5.74) is 12.2. The molecule has 3 nitrogen and oxygen atoms in total. The van der Waals surface area contributed by atoms with Crippen molar-refractivity contribution < 1.29 is 0 Å². The molecule has 3 aromatic rings. The summed E-state index contributed by atoms with van der Waals surface area (Å²) in [5, 5.41) is 3.05. The lowest BCUT2D eigenvalue weighted by molar-refractivity contribution is 1.32. The second kappa shape index (κ2) is 7.16. The highest BCUT2D eigenvalue weighted by Crippen LogP contribution is 2.31. The summed E-state index contributed by atoms with van der Waals surface area (Å²) in [6.07, 6.45) is 0. The average Bonchev–Trinajstić information content (AvgIpc) is 3.07. The molecule has 2 aromatic carbocycles. The van der Waals surface area contributed by atoms with E-state index in [4.69, 9.17) is 22.3 Å². The van der Waals surface area contributed by atoms with Crippen LogP contribution in [0, 0.1) is 13.8 Å². The summed E-state index contributed by atoms with van der Waals surface area (Å²) in [4.78, 5) is 9.06.